The van der Waals surface area contributed by atoms with E-state index in [2.05, 4.69) is 29.3 Å². The summed E-state index contributed by atoms with van der Waals surface area (Å²) < 4.78 is 0. The number of fused-ring (bicyclic) bond motifs is 1. The molecule has 2 aromatic carbocycles. The van der Waals surface area contributed by atoms with Crippen LogP contribution in [0.2, 0.25) is 0 Å². The predicted octanol–water partition coefficient (Wildman–Crippen LogP) is 4.85. The zero-order chi connectivity index (χ0) is 19.5. The number of carbonyl (C=O) groups is 2. The van der Waals surface area contributed by atoms with Crippen LogP contribution >= 0.6 is 11.8 Å². The van der Waals surface area contributed by atoms with Gasteiger partial charge in [0.2, 0.25) is 0 Å². The predicted molar refractivity (Wildman–Crippen MR) is 114 cm³/mol. The zero-order valence-corrected chi connectivity index (χ0v) is 17.1. The van der Waals surface area contributed by atoms with E-state index in [1.54, 1.807) is 23.9 Å². The molecule has 1 amide bonds. The summed E-state index contributed by atoms with van der Waals surface area (Å²) in [4.78, 5) is 28.2. The molecule has 2 aromatic rings. The highest BCUT2D eigenvalue weighted by molar-refractivity contribution is 7.99. The number of anilines is 1. The molecule has 4 nitrogen and oxygen atoms in total. The van der Waals surface area contributed by atoms with E-state index in [4.69, 9.17) is 0 Å². The van der Waals surface area contributed by atoms with E-state index >= 15 is 0 Å². The largest absolute Gasteiger partial charge is 0.322 e. The summed E-state index contributed by atoms with van der Waals surface area (Å²) in [7, 11) is 0. The molecule has 0 saturated carbocycles. The fourth-order valence-corrected chi connectivity index (χ4v) is 4.99. The van der Waals surface area contributed by atoms with Crippen molar-refractivity contribution in [3.05, 3.63) is 59.2 Å². The molecule has 146 valence electrons. The van der Waals surface area contributed by atoms with E-state index in [0.717, 1.165) is 41.9 Å². The van der Waals surface area contributed by atoms with Gasteiger partial charge in [0, 0.05) is 34.9 Å². The Morgan fingerprint density at radius 3 is 2.64 bits per heavy atom. The van der Waals surface area contributed by atoms with Crippen LogP contribution in [0.15, 0.2) is 47.4 Å². The molecule has 0 radical (unpaired) electrons. The highest BCUT2D eigenvalue weighted by Gasteiger charge is 2.23. The lowest BCUT2D eigenvalue weighted by atomic mass is 9.99. The summed E-state index contributed by atoms with van der Waals surface area (Å²) in [6.45, 7) is 5.61. The molecule has 5 heteroatoms. The summed E-state index contributed by atoms with van der Waals surface area (Å²) in [5, 5.41) is 2.98. The van der Waals surface area contributed by atoms with Crippen molar-refractivity contribution in [3.63, 3.8) is 0 Å². The van der Waals surface area contributed by atoms with Crippen molar-refractivity contribution in [2.75, 3.05) is 24.2 Å². The first kappa shape index (κ1) is 19.2. The van der Waals surface area contributed by atoms with Crippen LogP contribution in [0.1, 0.15) is 52.5 Å². The van der Waals surface area contributed by atoms with Gasteiger partial charge >= 0.3 is 0 Å². The Bertz CT molecular complexity index is 871. The van der Waals surface area contributed by atoms with Gasteiger partial charge in [-0.3, -0.25) is 14.5 Å². The number of hydrogen-bond donors (Lipinski definition) is 1. The molecule has 2 heterocycles. The number of hydrogen-bond acceptors (Lipinski definition) is 4. The quantitative estimate of drug-likeness (QED) is 0.805. The fraction of sp³-hybridized carbons (Fsp3) is 0.391. The Morgan fingerprint density at radius 1 is 1.14 bits per heavy atom. The minimum Gasteiger partial charge on any atom is -0.322 e. The molecule has 2 aliphatic rings. The van der Waals surface area contributed by atoms with Crippen LogP contribution in [0, 0.1) is 5.92 Å². The highest BCUT2D eigenvalue weighted by Crippen LogP contribution is 2.33. The van der Waals surface area contributed by atoms with Gasteiger partial charge in [0.05, 0.1) is 5.56 Å². The number of thioether (sulfide) groups is 1. The van der Waals surface area contributed by atoms with Crippen LogP contribution in [0.3, 0.4) is 0 Å². The first-order valence-corrected chi connectivity index (χ1v) is 11.0. The maximum atomic E-state index is 12.8. The number of Topliss-reactive ketones (excluding diaryl/α,β-unsaturated/α-hetero) is 1. The van der Waals surface area contributed by atoms with Gasteiger partial charge in [-0.05, 0) is 55.6 Å². The molecular weight excluding hydrogens is 368 g/mol. The minimum absolute atomic E-state index is 0.125. The lowest BCUT2D eigenvalue weighted by Gasteiger charge is -2.30. The standard InChI is InChI=1S/C23H26N2O2S/c1-16-9-12-25(13-10-16)15-17-5-7-18(8-6-17)24-23(27)20-4-2-3-19-21(26)11-14-28-22(19)20/h2-8,16H,9-15H2,1H3,(H,24,27). The lowest BCUT2D eigenvalue weighted by Crippen LogP contribution is -2.32. The SMILES string of the molecule is CC1CCN(Cc2ccc(NC(=O)c3cccc4c3SCCC4=O)cc2)CC1. The van der Waals surface area contributed by atoms with Gasteiger partial charge in [0.25, 0.3) is 5.91 Å². The molecule has 28 heavy (non-hydrogen) atoms. The van der Waals surface area contributed by atoms with E-state index < -0.39 is 0 Å². The van der Waals surface area contributed by atoms with Crippen molar-refractivity contribution in [2.24, 2.45) is 5.92 Å². The summed E-state index contributed by atoms with van der Waals surface area (Å²) in [6, 6.07) is 13.5. The van der Waals surface area contributed by atoms with Crippen molar-refractivity contribution < 1.29 is 9.59 Å². The number of likely N-dealkylation sites (tertiary alicyclic amines) is 1. The summed E-state index contributed by atoms with van der Waals surface area (Å²) >= 11 is 1.59. The van der Waals surface area contributed by atoms with E-state index in [1.165, 1.54) is 18.4 Å². The number of piperidine rings is 1. The Balaban J connectivity index is 1.41. The number of benzene rings is 2. The Labute approximate surface area is 170 Å². The van der Waals surface area contributed by atoms with E-state index in [1.807, 2.05) is 18.2 Å². The molecule has 0 bridgehead atoms. The Morgan fingerprint density at radius 2 is 1.89 bits per heavy atom. The summed E-state index contributed by atoms with van der Waals surface area (Å²) in [6.07, 6.45) is 3.09. The normalized spacial score (nSPS) is 18.0. The van der Waals surface area contributed by atoms with E-state index in [-0.39, 0.29) is 11.7 Å². The zero-order valence-electron chi connectivity index (χ0n) is 16.2. The first-order valence-electron chi connectivity index (χ1n) is 10.0. The first-order chi connectivity index (χ1) is 13.6. The molecule has 2 aliphatic heterocycles. The average molecular weight is 395 g/mol. The molecule has 0 unspecified atom stereocenters. The van der Waals surface area contributed by atoms with Crippen molar-refractivity contribution >= 4 is 29.1 Å². The van der Waals surface area contributed by atoms with Crippen LogP contribution in [-0.4, -0.2) is 35.4 Å². The molecule has 0 aromatic heterocycles. The van der Waals surface area contributed by atoms with Gasteiger partial charge in [0.15, 0.2) is 5.78 Å². The fourth-order valence-electron chi connectivity index (χ4n) is 3.84. The van der Waals surface area contributed by atoms with Gasteiger partial charge in [-0.25, -0.2) is 0 Å². The molecule has 1 N–H and O–H groups in total. The van der Waals surface area contributed by atoms with Crippen LogP contribution in [0.25, 0.3) is 0 Å². The van der Waals surface area contributed by atoms with E-state index in [9.17, 15) is 9.59 Å². The Hall–Kier alpha value is -2.11. The van der Waals surface area contributed by atoms with Crippen LogP contribution < -0.4 is 5.32 Å². The van der Waals surface area contributed by atoms with Gasteiger partial charge in [0.1, 0.15) is 0 Å². The number of carbonyl (C=O) groups excluding carboxylic acids is 2. The highest BCUT2D eigenvalue weighted by atomic mass is 32.2. The van der Waals surface area contributed by atoms with Gasteiger partial charge < -0.3 is 5.32 Å². The number of amides is 1. The maximum Gasteiger partial charge on any atom is 0.256 e. The third-order valence-electron chi connectivity index (χ3n) is 5.63. The second-order valence-electron chi connectivity index (χ2n) is 7.81. The summed E-state index contributed by atoms with van der Waals surface area (Å²) in [5.41, 5.74) is 3.31. The van der Waals surface area contributed by atoms with Crippen molar-refractivity contribution in [2.45, 2.75) is 37.6 Å². The maximum absolute atomic E-state index is 12.8. The van der Waals surface area contributed by atoms with Crippen LogP contribution in [-0.2, 0) is 6.54 Å². The number of nitrogens with one attached hydrogen (secondary N) is 1. The molecule has 4 rings (SSSR count). The van der Waals surface area contributed by atoms with Crippen LogP contribution in [0.5, 0.6) is 0 Å². The Kier molecular flexibility index (Phi) is 5.83. The lowest BCUT2D eigenvalue weighted by molar-refractivity contribution is 0.0984. The topological polar surface area (TPSA) is 49.4 Å². The minimum atomic E-state index is -0.156. The third-order valence-corrected chi connectivity index (χ3v) is 6.77. The average Bonchev–Trinajstić information content (AvgIpc) is 2.71. The third kappa shape index (κ3) is 4.31. The molecular formula is C23H26N2O2S. The monoisotopic (exact) mass is 394 g/mol. The molecule has 0 spiro atoms. The molecule has 1 fully saturated rings. The number of rotatable bonds is 4. The van der Waals surface area contributed by atoms with E-state index in [0.29, 0.717) is 17.5 Å². The van der Waals surface area contributed by atoms with Gasteiger partial charge in [-0.2, -0.15) is 0 Å². The molecule has 0 aliphatic carbocycles. The number of ketones is 1. The van der Waals surface area contributed by atoms with Gasteiger partial charge in [-0.15, -0.1) is 11.8 Å². The smallest absolute Gasteiger partial charge is 0.256 e. The number of nitrogens with zero attached hydrogens (tertiary/aromatic N) is 1. The summed E-state index contributed by atoms with van der Waals surface area (Å²) in [5.74, 6) is 1.54. The van der Waals surface area contributed by atoms with Gasteiger partial charge in [-0.1, -0.05) is 31.2 Å². The molecule has 1 saturated heterocycles. The second-order valence-corrected chi connectivity index (χ2v) is 8.92. The van der Waals surface area contributed by atoms with Crippen molar-refractivity contribution in [1.29, 1.82) is 0 Å². The molecule has 0 atom stereocenters. The van der Waals surface area contributed by atoms with Crippen molar-refractivity contribution in [3.8, 4) is 0 Å². The van der Waals surface area contributed by atoms with Crippen LogP contribution in [0.4, 0.5) is 5.69 Å². The second kappa shape index (κ2) is 8.50. The van der Waals surface area contributed by atoms with Crippen molar-refractivity contribution in [1.82, 2.24) is 4.90 Å².